The summed E-state index contributed by atoms with van der Waals surface area (Å²) in [6, 6.07) is 25.8. The van der Waals surface area contributed by atoms with Gasteiger partial charge in [0.15, 0.2) is 0 Å². The van der Waals surface area contributed by atoms with E-state index in [1.165, 1.54) is 0 Å². The van der Waals surface area contributed by atoms with Gasteiger partial charge in [-0.1, -0.05) is 54.6 Å². The second kappa shape index (κ2) is 11.9. The Morgan fingerprint density at radius 3 is 1.30 bits per heavy atom. The number of rotatable bonds is 0. The third-order valence-electron chi connectivity index (χ3n) is 4.79. The third kappa shape index (κ3) is 7.00. The largest absolute Gasteiger partial charge is 0.508 e. The van der Waals surface area contributed by atoms with Gasteiger partial charge in [-0.15, -0.1) is 0 Å². The van der Waals surface area contributed by atoms with Crippen LogP contribution in [-0.4, -0.2) is 45.1 Å². The molecule has 2 heterocycles. The summed E-state index contributed by atoms with van der Waals surface area (Å²) in [5, 5.41) is 29.7. The van der Waals surface area contributed by atoms with Crippen LogP contribution in [0.15, 0.2) is 84.9 Å². The van der Waals surface area contributed by atoms with E-state index in [-0.39, 0.29) is 31.3 Å². The van der Waals surface area contributed by atoms with E-state index in [1.54, 1.807) is 18.2 Å². The van der Waals surface area contributed by atoms with Gasteiger partial charge in [0.05, 0.1) is 0 Å². The van der Waals surface area contributed by atoms with E-state index in [9.17, 15) is 10.2 Å². The van der Waals surface area contributed by atoms with Crippen LogP contribution in [0.2, 0.25) is 0 Å². The number of phenolic OH excluding ortho intramolecular Hbond substituents is 3. The molecule has 0 saturated carbocycles. The standard InChI is InChI=1S/2C10H9NO.C7H8O.Ga/c2*1-7-5-6-8-3-2-4-9(12)10(8)11-7;1-6-4-2-3-5-7(6)8;/h2*2-6,12H,1H3;2-5,8H,1H3;. The summed E-state index contributed by atoms with van der Waals surface area (Å²) in [7, 11) is 0. The van der Waals surface area contributed by atoms with Gasteiger partial charge in [-0.3, -0.25) is 0 Å². The molecule has 2 aromatic heterocycles. The van der Waals surface area contributed by atoms with Gasteiger partial charge in [0.1, 0.15) is 28.3 Å². The van der Waals surface area contributed by atoms with Crippen molar-refractivity contribution in [3.05, 3.63) is 102 Å². The normalized spacial score (nSPS) is 9.79. The predicted molar refractivity (Wildman–Crippen MR) is 135 cm³/mol. The molecule has 0 saturated heterocycles. The molecule has 5 aromatic rings. The van der Waals surface area contributed by atoms with Crippen molar-refractivity contribution in [1.29, 1.82) is 0 Å². The molecule has 3 radical (unpaired) electrons. The first-order valence-electron chi connectivity index (χ1n) is 10.2. The van der Waals surface area contributed by atoms with Crippen LogP contribution in [0.25, 0.3) is 21.8 Å². The quantitative estimate of drug-likeness (QED) is 0.236. The van der Waals surface area contributed by atoms with Crippen LogP contribution in [0.5, 0.6) is 17.2 Å². The second-order valence-corrected chi connectivity index (χ2v) is 7.39. The number of aromatic nitrogens is 2. The summed E-state index contributed by atoms with van der Waals surface area (Å²) >= 11 is 0. The van der Waals surface area contributed by atoms with Crippen LogP contribution in [0.3, 0.4) is 0 Å². The van der Waals surface area contributed by atoms with Crippen LogP contribution in [0, 0.1) is 20.8 Å². The van der Waals surface area contributed by atoms with Crippen molar-refractivity contribution in [3.8, 4) is 17.2 Å². The number of hydrogen-bond donors (Lipinski definition) is 3. The molecule has 0 atom stereocenters. The van der Waals surface area contributed by atoms with Gasteiger partial charge in [0.2, 0.25) is 0 Å². The minimum Gasteiger partial charge on any atom is -0.508 e. The first-order valence-corrected chi connectivity index (χ1v) is 10.2. The molecule has 3 N–H and O–H groups in total. The summed E-state index contributed by atoms with van der Waals surface area (Å²) in [5.41, 5.74) is 4.12. The Hall–Kier alpha value is -3.48. The Bertz CT molecular complexity index is 1250. The SMILES string of the molecule is Cc1ccc2cccc(O)c2n1.Cc1ccc2cccc(O)c2n1.Cc1ccccc1O.[Ga]. The van der Waals surface area contributed by atoms with Gasteiger partial charge in [0.25, 0.3) is 0 Å². The maximum absolute atomic E-state index is 9.43. The van der Waals surface area contributed by atoms with Gasteiger partial charge in [0, 0.05) is 42.0 Å². The Kier molecular flexibility index (Phi) is 9.33. The molecule has 6 heteroatoms. The van der Waals surface area contributed by atoms with Gasteiger partial charge in [-0.2, -0.15) is 0 Å². The first kappa shape index (κ1) is 25.8. The first-order chi connectivity index (χ1) is 15.3. The molecule has 0 spiro atoms. The van der Waals surface area contributed by atoms with Crippen LogP contribution in [0.1, 0.15) is 17.0 Å². The maximum Gasteiger partial charge on any atom is 0.141 e. The zero-order chi connectivity index (χ0) is 23.1. The average Bonchev–Trinajstić information content (AvgIpc) is 2.78. The number of nitrogens with zero attached hydrogens (tertiary/aromatic N) is 2. The van der Waals surface area contributed by atoms with Gasteiger partial charge >= 0.3 is 0 Å². The zero-order valence-electron chi connectivity index (χ0n) is 18.9. The van der Waals surface area contributed by atoms with E-state index in [1.807, 2.05) is 87.5 Å². The topological polar surface area (TPSA) is 86.5 Å². The van der Waals surface area contributed by atoms with Crippen LogP contribution in [0.4, 0.5) is 0 Å². The fraction of sp³-hybridized carbons (Fsp3) is 0.111. The molecule has 5 nitrogen and oxygen atoms in total. The number of para-hydroxylation sites is 3. The predicted octanol–water partition coefficient (Wildman–Crippen LogP) is 5.82. The van der Waals surface area contributed by atoms with E-state index >= 15 is 0 Å². The molecular weight excluding hydrogens is 470 g/mol. The number of benzene rings is 3. The van der Waals surface area contributed by atoms with E-state index in [0.717, 1.165) is 27.7 Å². The molecule has 0 fully saturated rings. The number of phenols is 3. The van der Waals surface area contributed by atoms with Crippen molar-refractivity contribution in [1.82, 2.24) is 9.97 Å². The fourth-order valence-electron chi connectivity index (χ4n) is 3.02. The van der Waals surface area contributed by atoms with Gasteiger partial charge < -0.3 is 15.3 Å². The van der Waals surface area contributed by atoms with E-state index in [0.29, 0.717) is 16.8 Å². The molecule has 33 heavy (non-hydrogen) atoms. The van der Waals surface area contributed by atoms with Crippen molar-refractivity contribution >= 4 is 41.6 Å². The molecule has 0 amide bonds. The molecule has 0 aliphatic rings. The van der Waals surface area contributed by atoms with Crippen molar-refractivity contribution in [2.45, 2.75) is 20.8 Å². The second-order valence-electron chi connectivity index (χ2n) is 7.39. The number of hydrogen-bond acceptors (Lipinski definition) is 5. The van der Waals surface area contributed by atoms with Crippen LogP contribution < -0.4 is 0 Å². The number of fused-ring (bicyclic) bond motifs is 2. The molecule has 3 aromatic carbocycles. The van der Waals surface area contributed by atoms with Crippen molar-refractivity contribution < 1.29 is 15.3 Å². The maximum atomic E-state index is 9.43. The molecule has 5 rings (SSSR count). The van der Waals surface area contributed by atoms with Gasteiger partial charge in [-0.05, 0) is 56.7 Å². The molecule has 0 aliphatic heterocycles. The molecule has 0 bridgehead atoms. The van der Waals surface area contributed by atoms with Crippen LogP contribution >= 0.6 is 0 Å². The Labute approximate surface area is 206 Å². The fourth-order valence-corrected chi connectivity index (χ4v) is 3.02. The Balaban J connectivity index is 0.000000177. The molecule has 165 valence electrons. The van der Waals surface area contributed by atoms with E-state index in [2.05, 4.69) is 9.97 Å². The number of aryl methyl sites for hydroxylation is 3. The third-order valence-corrected chi connectivity index (χ3v) is 4.79. The summed E-state index contributed by atoms with van der Waals surface area (Å²) in [5.74, 6) is 0.861. The average molecular weight is 496 g/mol. The molecule has 0 unspecified atom stereocenters. The van der Waals surface area contributed by atoms with Crippen LogP contribution in [-0.2, 0) is 0 Å². The van der Waals surface area contributed by atoms with Crippen molar-refractivity contribution in [2.24, 2.45) is 0 Å². The molecular formula is C27H26GaN2O3. The minimum absolute atomic E-state index is 0. The summed E-state index contributed by atoms with van der Waals surface area (Å²) in [6.07, 6.45) is 0. The number of pyridine rings is 2. The van der Waals surface area contributed by atoms with Crippen molar-refractivity contribution in [3.63, 3.8) is 0 Å². The number of aromatic hydroxyl groups is 3. The van der Waals surface area contributed by atoms with Gasteiger partial charge in [-0.25, -0.2) is 9.97 Å². The summed E-state index contributed by atoms with van der Waals surface area (Å²) in [4.78, 5) is 8.45. The van der Waals surface area contributed by atoms with Crippen molar-refractivity contribution in [2.75, 3.05) is 0 Å². The smallest absolute Gasteiger partial charge is 0.141 e. The summed E-state index contributed by atoms with van der Waals surface area (Å²) in [6.45, 7) is 5.69. The monoisotopic (exact) mass is 495 g/mol. The Morgan fingerprint density at radius 2 is 0.909 bits per heavy atom. The van der Waals surface area contributed by atoms with E-state index < -0.39 is 0 Å². The zero-order valence-corrected chi connectivity index (χ0v) is 21.3. The van der Waals surface area contributed by atoms with E-state index in [4.69, 9.17) is 5.11 Å². The summed E-state index contributed by atoms with van der Waals surface area (Å²) < 4.78 is 0. The minimum atomic E-state index is 0. The Morgan fingerprint density at radius 1 is 0.485 bits per heavy atom. The molecule has 0 aliphatic carbocycles.